The van der Waals surface area contributed by atoms with Crippen molar-refractivity contribution in [2.75, 3.05) is 19.8 Å². The molecule has 2 saturated heterocycles. The second-order valence-corrected chi connectivity index (χ2v) is 7.39. The normalized spacial score (nSPS) is 25.0. The molecule has 4 heteroatoms. The minimum absolute atomic E-state index is 0.0120. The summed E-state index contributed by atoms with van der Waals surface area (Å²) in [5, 5.41) is 3.71. The first-order valence-corrected chi connectivity index (χ1v) is 8.65. The molecule has 23 heavy (non-hydrogen) atoms. The number of benzene rings is 1. The van der Waals surface area contributed by atoms with Gasteiger partial charge in [-0.15, -0.1) is 0 Å². The van der Waals surface area contributed by atoms with Crippen molar-refractivity contribution in [3.8, 4) is 0 Å². The van der Waals surface area contributed by atoms with Crippen LogP contribution in [0.3, 0.4) is 0 Å². The molecular weight excluding hydrogens is 290 g/mol. The molecule has 1 unspecified atom stereocenters. The van der Waals surface area contributed by atoms with Crippen molar-refractivity contribution >= 4 is 0 Å². The molecule has 2 aliphatic heterocycles. The standard InChI is InChI=1S/C19H29NO3/c1-13-10-17(18-21-7-8-22-18)14(2)9-15(13)12-20-16-5-6-23-19(3,4)11-16/h9-10,16,18,20H,5-8,11-12H2,1-4H3. The Morgan fingerprint density at radius 3 is 2.52 bits per heavy atom. The number of aryl methyl sites for hydroxylation is 2. The lowest BCUT2D eigenvalue weighted by molar-refractivity contribution is -0.0630. The largest absolute Gasteiger partial charge is 0.375 e. The van der Waals surface area contributed by atoms with Gasteiger partial charge < -0.3 is 19.5 Å². The van der Waals surface area contributed by atoms with Gasteiger partial charge in [0.1, 0.15) is 0 Å². The van der Waals surface area contributed by atoms with Crippen molar-refractivity contribution in [2.24, 2.45) is 0 Å². The summed E-state index contributed by atoms with van der Waals surface area (Å²) in [5.74, 6) is 0. The zero-order chi connectivity index (χ0) is 16.4. The van der Waals surface area contributed by atoms with Crippen molar-refractivity contribution in [2.45, 2.75) is 65.0 Å². The van der Waals surface area contributed by atoms with E-state index in [1.54, 1.807) is 0 Å². The monoisotopic (exact) mass is 319 g/mol. The lowest BCUT2D eigenvalue weighted by Gasteiger charge is -2.36. The van der Waals surface area contributed by atoms with E-state index in [2.05, 4.69) is 45.1 Å². The quantitative estimate of drug-likeness (QED) is 0.923. The first-order chi connectivity index (χ1) is 10.9. The first kappa shape index (κ1) is 16.9. The molecule has 0 spiro atoms. The van der Waals surface area contributed by atoms with E-state index in [0.717, 1.165) is 31.6 Å². The van der Waals surface area contributed by atoms with E-state index >= 15 is 0 Å². The SMILES string of the molecule is Cc1cc(C2OCCO2)c(C)cc1CNC1CCOC(C)(C)C1. The third-order valence-electron chi connectivity index (χ3n) is 4.88. The maximum absolute atomic E-state index is 5.80. The van der Waals surface area contributed by atoms with Crippen LogP contribution in [0.2, 0.25) is 0 Å². The number of ether oxygens (including phenoxy) is 3. The second kappa shape index (κ2) is 6.89. The molecule has 2 aliphatic rings. The molecule has 1 aromatic carbocycles. The smallest absolute Gasteiger partial charge is 0.184 e. The Balaban J connectivity index is 1.65. The van der Waals surface area contributed by atoms with E-state index in [-0.39, 0.29) is 11.9 Å². The fraction of sp³-hybridized carbons (Fsp3) is 0.684. The van der Waals surface area contributed by atoms with Crippen molar-refractivity contribution in [3.63, 3.8) is 0 Å². The van der Waals surface area contributed by atoms with Gasteiger partial charge in [0.2, 0.25) is 0 Å². The van der Waals surface area contributed by atoms with Gasteiger partial charge in [-0.1, -0.05) is 12.1 Å². The lowest BCUT2D eigenvalue weighted by Crippen LogP contribution is -2.43. The molecule has 128 valence electrons. The van der Waals surface area contributed by atoms with Crippen LogP contribution in [0.15, 0.2) is 12.1 Å². The molecule has 3 rings (SSSR count). The van der Waals surface area contributed by atoms with E-state index in [1.165, 1.54) is 16.7 Å². The van der Waals surface area contributed by atoms with Gasteiger partial charge in [-0.3, -0.25) is 0 Å². The Morgan fingerprint density at radius 2 is 1.83 bits per heavy atom. The summed E-state index contributed by atoms with van der Waals surface area (Å²) in [4.78, 5) is 0. The fourth-order valence-corrected chi connectivity index (χ4v) is 3.54. The van der Waals surface area contributed by atoms with Gasteiger partial charge in [0.05, 0.1) is 18.8 Å². The average molecular weight is 319 g/mol. The van der Waals surface area contributed by atoms with Crippen LogP contribution >= 0.6 is 0 Å². The first-order valence-electron chi connectivity index (χ1n) is 8.65. The Bertz CT molecular complexity index is 550. The Labute approximate surface area is 139 Å². The maximum atomic E-state index is 5.80. The highest BCUT2D eigenvalue weighted by Crippen LogP contribution is 2.29. The summed E-state index contributed by atoms with van der Waals surface area (Å²) in [6.07, 6.45) is 1.96. The van der Waals surface area contributed by atoms with Crippen LogP contribution in [-0.4, -0.2) is 31.5 Å². The topological polar surface area (TPSA) is 39.7 Å². The third-order valence-corrected chi connectivity index (χ3v) is 4.88. The third kappa shape index (κ3) is 4.13. The Kier molecular flexibility index (Phi) is 5.07. The summed E-state index contributed by atoms with van der Waals surface area (Å²) in [7, 11) is 0. The molecule has 1 N–H and O–H groups in total. The van der Waals surface area contributed by atoms with E-state index < -0.39 is 0 Å². The van der Waals surface area contributed by atoms with Crippen LogP contribution in [-0.2, 0) is 20.8 Å². The molecule has 2 heterocycles. The molecule has 0 aromatic heterocycles. The predicted molar refractivity (Wildman–Crippen MR) is 90.5 cm³/mol. The molecule has 0 radical (unpaired) electrons. The zero-order valence-electron chi connectivity index (χ0n) is 14.8. The molecule has 1 aromatic rings. The van der Waals surface area contributed by atoms with Gasteiger partial charge in [0.15, 0.2) is 6.29 Å². The van der Waals surface area contributed by atoms with Crippen molar-refractivity contribution in [1.29, 1.82) is 0 Å². The number of nitrogens with one attached hydrogen (secondary N) is 1. The highest BCUT2D eigenvalue weighted by atomic mass is 16.7. The van der Waals surface area contributed by atoms with Crippen LogP contribution in [0.1, 0.15) is 55.2 Å². The van der Waals surface area contributed by atoms with Crippen molar-refractivity contribution < 1.29 is 14.2 Å². The minimum Gasteiger partial charge on any atom is -0.375 e. The summed E-state index contributed by atoms with van der Waals surface area (Å²) in [6, 6.07) is 5.02. The van der Waals surface area contributed by atoms with Crippen LogP contribution in [0, 0.1) is 13.8 Å². The van der Waals surface area contributed by atoms with Gasteiger partial charge in [0, 0.05) is 24.8 Å². The van der Waals surface area contributed by atoms with Gasteiger partial charge in [-0.05, 0) is 57.2 Å². The van der Waals surface area contributed by atoms with Gasteiger partial charge in [-0.25, -0.2) is 0 Å². The number of rotatable bonds is 4. The van der Waals surface area contributed by atoms with Crippen LogP contribution < -0.4 is 5.32 Å². The molecular formula is C19H29NO3. The highest BCUT2D eigenvalue weighted by Gasteiger charge is 2.28. The molecule has 0 aliphatic carbocycles. The maximum Gasteiger partial charge on any atom is 0.184 e. The minimum atomic E-state index is -0.188. The van der Waals surface area contributed by atoms with Gasteiger partial charge in [0.25, 0.3) is 0 Å². The van der Waals surface area contributed by atoms with Crippen LogP contribution in [0.25, 0.3) is 0 Å². The summed E-state index contributed by atoms with van der Waals surface area (Å²) < 4.78 is 17.1. The lowest BCUT2D eigenvalue weighted by atomic mass is 9.93. The summed E-state index contributed by atoms with van der Waals surface area (Å²) >= 11 is 0. The van der Waals surface area contributed by atoms with Crippen molar-refractivity contribution in [3.05, 3.63) is 34.4 Å². The highest BCUT2D eigenvalue weighted by molar-refractivity contribution is 5.38. The van der Waals surface area contributed by atoms with E-state index in [9.17, 15) is 0 Å². The summed E-state index contributed by atoms with van der Waals surface area (Å²) in [6.45, 7) is 11.8. The zero-order valence-corrected chi connectivity index (χ0v) is 14.8. The van der Waals surface area contributed by atoms with Crippen LogP contribution in [0.5, 0.6) is 0 Å². The second-order valence-electron chi connectivity index (χ2n) is 7.39. The molecule has 4 nitrogen and oxygen atoms in total. The van der Waals surface area contributed by atoms with E-state index in [0.29, 0.717) is 19.3 Å². The van der Waals surface area contributed by atoms with E-state index in [1.807, 2.05) is 0 Å². The predicted octanol–water partition coefficient (Wildman–Crippen LogP) is 3.40. The molecule has 0 saturated carbocycles. The van der Waals surface area contributed by atoms with Gasteiger partial charge >= 0.3 is 0 Å². The van der Waals surface area contributed by atoms with Crippen molar-refractivity contribution in [1.82, 2.24) is 5.32 Å². The fourth-order valence-electron chi connectivity index (χ4n) is 3.54. The molecule has 0 bridgehead atoms. The summed E-state index contributed by atoms with van der Waals surface area (Å²) in [5.41, 5.74) is 5.04. The molecule has 1 atom stereocenters. The molecule has 0 amide bonds. The van der Waals surface area contributed by atoms with E-state index in [4.69, 9.17) is 14.2 Å². The number of hydrogen-bond acceptors (Lipinski definition) is 4. The van der Waals surface area contributed by atoms with Gasteiger partial charge in [-0.2, -0.15) is 0 Å². The molecule has 2 fully saturated rings. The Morgan fingerprint density at radius 1 is 1.09 bits per heavy atom. The average Bonchev–Trinajstić information content (AvgIpc) is 3.01. The van der Waals surface area contributed by atoms with Crippen LogP contribution in [0.4, 0.5) is 0 Å². The Hall–Kier alpha value is -0.940. The number of hydrogen-bond donors (Lipinski definition) is 1.